The zero-order valence-electron chi connectivity index (χ0n) is 17.4. The summed E-state index contributed by atoms with van der Waals surface area (Å²) in [6.45, 7) is 7.49. The summed E-state index contributed by atoms with van der Waals surface area (Å²) in [4.78, 5) is 37.0. The number of piperidine rings is 1. The monoisotopic (exact) mass is 426 g/mol. The van der Waals surface area contributed by atoms with Gasteiger partial charge in [0.2, 0.25) is 5.91 Å². The standard InChI is InChI=1S/C22H26N4O3S/c1-12-14(3)30-22-18(12)21(29)24-19(25-22)13(2)26-10-8-15(9-11-26)20(28)23-16-6-4-5-7-17(16)27/h4-7,13,15,27H,8-11H2,1-3H3,(H,23,28)(H,24,25,29). The maximum atomic E-state index is 12.6. The zero-order chi connectivity index (χ0) is 21.4. The number of aryl methyl sites for hydroxylation is 2. The Hall–Kier alpha value is -2.71. The van der Waals surface area contributed by atoms with Gasteiger partial charge < -0.3 is 15.4 Å². The molecule has 2 aromatic heterocycles. The number of benzene rings is 1. The van der Waals surface area contributed by atoms with Crippen LogP contribution >= 0.6 is 11.3 Å². The first-order valence-electron chi connectivity index (χ1n) is 10.2. The predicted molar refractivity (Wildman–Crippen MR) is 119 cm³/mol. The molecule has 1 atom stereocenters. The second-order valence-corrected chi connectivity index (χ2v) is 9.11. The molecule has 0 bridgehead atoms. The molecule has 0 spiro atoms. The first-order valence-corrected chi connectivity index (χ1v) is 11.0. The lowest BCUT2D eigenvalue weighted by Crippen LogP contribution is -2.40. The number of rotatable bonds is 4. The Bertz CT molecular complexity index is 1140. The topological polar surface area (TPSA) is 98.3 Å². The van der Waals surface area contributed by atoms with E-state index in [0.717, 1.165) is 28.4 Å². The second-order valence-electron chi connectivity index (χ2n) is 7.91. The van der Waals surface area contributed by atoms with Gasteiger partial charge in [0, 0.05) is 10.8 Å². The van der Waals surface area contributed by atoms with Crippen molar-refractivity contribution >= 4 is 33.1 Å². The number of phenolic OH excluding ortho intramolecular Hbond substituents is 1. The molecule has 158 valence electrons. The van der Waals surface area contributed by atoms with Crippen LogP contribution in [0.2, 0.25) is 0 Å². The fourth-order valence-corrected chi connectivity index (χ4v) is 5.04. The Kier molecular flexibility index (Phi) is 5.62. The molecule has 1 aliphatic rings. The molecule has 1 saturated heterocycles. The van der Waals surface area contributed by atoms with E-state index in [-0.39, 0.29) is 29.2 Å². The number of aromatic hydroxyl groups is 1. The van der Waals surface area contributed by atoms with Crippen molar-refractivity contribution in [3.05, 3.63) is 50.9 Å². The van der Waals surface area contributed by atoms with E-state index in [1.54, 1.807) is 35.6 Å². The van der Waals surface area contributed by atoms with Gasteiger partial charge in [0.05, 0.1) is 17.1 Å². The third-order valence-corrected chi connectivity index (χ3v) is 7.16. The Morgan fingerprint density at radius 3 is 2.70 bits per heavy atom. The molecular weight excluding hydrogens is 400 g/mol. The molecule has 30 heavy (non-hydrogen) atoms. The molecule has 3 aromatic rings. The van der Waals surface area contributed by atoms with Crippen LogP contribution in [0.4, 0.5) is 5.69 Å². The number of H-pyrrole nitrogens is 1. The number of fused-ring (bicyclic) bond motifs is 1. The average Bonchev–Trinajstić information content (AvgIpc) is 3.03. The van der Waals surface area contributed by atoms with E-state index in [9.17, 15) is 14.7 Å². The molecule has 8 heteroatoms. The number of aromatic nitrogens is 2. The average molecular weight is 427 g/mol. The lowest BCUT2D eigenvalue weighted by atomic mass is 9.94. The van der Waals surface area contributed by atoms with Gasteiger partial charge in [-0.1, -0.05) is 12.1 Å². The molecule has 1 fully saturated rings. The third kappa shape index (κ3) is 3.85. The van der Waals surface area contributed by atoms with Crippen LogP contribution in [0.25, 0.3) is 10.2 Å². The molecule has 1 aliphatic heterocycles. The Balaban J connectivity index is 1.42. The summed E-state index contributed by atoms with van der Waals surface area (Å²) in [5.74, 6) is 0.568. The minimum atomic E-state index is -0.106. The fraction of sp³-hybridized carbons (Fsp3) is 0.409. The van der Waals surface area contributed by atoms with Crippen molar-refractivity contribution < 1.29 is 9.90 Å². The Labute approximate surface area is 178 Å². The maximum Gasteiger partial charge on any atom is 0.259 e. The number of hydrogen-bond donors (Lipinski definition) is 3. The molecule has 0 saturated carbocycles. The summed E-state index contributed by atoms with van der Waals surface area (Å²) in [7, 11) is 0. The van der Waals surface area contributed by atoms with Crippen LogP contribution in [0.1, 0.15) is 42.1 Å². The number of hydrogen-bond acceptors (Lipinski definition) is 6. The van der Waals surface area contributed by atoms with E-state index in [1.807, 2.05) is 20.8 Å². The van der Waals surface area contributed by atoms with Gasteiger partial charge >= 0.3 is 0 Å². The van der Waals surface area contributed by atoms with Gasteiger partial charge in [-0.05, 0) is 64.4 Å². The number of anilines is 1. The first-order chi connectivity index (χ1) is 14.3. The lowest BCUT2D eigenvalue weighted by molar-refractivity contribution is -0.121. The number of aromatic amines is 1. The highest BCUT2D eigenvalue weighted by atomic mass is 32.1. The van der Waals surface area contributed by atoms with Crippen LogP contribution in [0, 0.1) is 19.8 Å². The second kappa shape index (κ2) is 8.20. The number of likely N-dealkylation sites (tertiary alicyclic amines) is 1. The highest BCUT2D eigenvalue weighted by Gasteiger charge is 2.29. The molecule has 7 nitrogen and oxygen atoms in total. The Morgan fingerprint density at radius 2 is 2.00 bits per heavy atom. The number of thiophene rings is 1. The van der Waals surface area contributed by atoms with Crippen molar-refractivity contribution in [3.63, 3.8) is 0 Å². The largest absolute Gasteiger partial charge is 0.506 e. The smallest absolute Gasteiger partial charge is 0.259 e. The van der Waals surface area contributed by atoms with Gasteiger partial charge in [0.15, 0.2) is 0 Å². The van der Waals surface area contributed by atoms with Gasteiger partial charge in [-0.15, -0.1) is 11.3 Å². The molecule has 1 aromatic carbocycles. The van der Waals surface area contributed by atoms with Crippen LogP contribution in [-0.2, 0) is 4.79 Å². The summed E-state index contributed by atoms with van der Waals surface area (Å²) < 4.78 is 0. The minimum absolute atomic E-state index is 0.0352. The minimum Gasteiger partial charge on any atom is -0.506 e. The molecule has 1 amide bonds. The summed E-state index contributed by atoms with van der Waals surface area (Å²) in [5, 5.41) is 13.4. The number of phenols is 1. The molecule has 3 N–H and O–H groups in total. The van der Waals surface area contributed by atoms with Crippen LogP contribution < -0.4 is 10.9 Å². The van der Waals surface area contributed by atoms with Crippen LogP contribution in [0.3, 0.4) is 0 Å². The number of nitrogens with one attached hydrogen (secondary N) is 2. The predicted octanol–water partition coefficient (Wildman–Crippen LogP) is 3.72. The van der Waals surface area contributed by atoms with Gasteiger partial charge in [-0.2, -0.15) is 0 Å². The highest BCUT2D eigenvalue weighted by Crippen LogP contribution is 2.30. The molecule has 0 aliphatic carbocycles. The van der Waals surface area contributed by atoms with Crippen molar-refractivity contribution in [2.24, 2.45) is 5.92 Å². The number of carbonyl (C=O) groups excluding carboxylic acids is 1. The number of nitrogens with zero attached hydrogens (tertiary/aromatic N) is 2. The van der Waals surface area contributed by atoms with E-state index >= 15 is 0 Å². The van der Waals surface area contributed by atoms with Gasteiger partial charge in [0.1, 0.15) is 16.4 Å². The zero-order valence-corrected chi connectivity index (χ0v) is 18.2. The lowest BCUT2D eigenvalue weighted by Gasteiger charge is -2.35. The van der Waals surface area contributed by atoms with E-state index in [1.165, 1.54) is 0 Å². The summed E-state index contributed by atoms with van der Waals surface area (Å²) in [6, 6.07) is 6.71. The first kappa shape index (κ1) is 20.6. The fourth-order valence-electron chi connectivity index (χ4n) is 4.01. The van der Waals surface area contributed by atoms with E-state index in [0.29, 0.717) is 29.7 Å². The number of para-hydroxylation sites is 2. The SMILES string of the molecule is Cc1sc2nc(C(C)N3CCC(C(=O)Nc4ccccc4O)CC3)[nH]c(=O)c2c1C. The normalized spacial score (nSPS) is 16.6. The molecular formula is C22H26N4O3S. The molecule has 0 radical (unpaired) electrons. The number of carbonyl (C=O) groups is 1. The van der Waals surface area contributed by atoms with Crippen molar-refractivity contribution in [2.75, 3.05) is 18.4 Å². The highest BCUT2D eigenvalue weighted by molar-refractivity contribution is 7.18. The van der Waals surface area contributed by atoms with E-state index in [2.05, 4.69) is 15.2 Å². The Morgan fingerprint density at radius 1 is 1.30 bits per heavy atom. The summed E-state index contributed by atoms with van der Waals surface area (Å²) in [6.07, 6.45) is 1.43. The summed E-state index contributed by atoms with van der Waals surface area (Å²) >= 11 is 1.55. The molecule has 1 unspecified atom stereocenters. The molecule has 4 rings (SSSR count). The maximum absolute atomic E-state index is 12.6. The number of amides is 1. The van der Waals surface area contributed by atoms with Gasteiger partial charge in [0.25, 0.3) is 5.56 Å². The molecule has 3 heterocycles. The van der Waals surface area contributed by atoms with Crippen molar-refractivity contribution in [1.29, 1.82) is 0 Å². The van der Waals surface area contributed by atoms with Crippen LogP contribution in [0.15, 0.2) is 29.1 Å². The van der Waals surface area contributed by atoms with E-state index < -0.39 is 0 Å². The van der Waals surface area contributed by atoms with Crippen LogP contribution in [-0.4, -0.2) is 39.0 Å². The van der Waals surface area contributed by atoms with Crippen molar-refractivity contribution in [1.82, 2.24) is 14.9 Å². The summed E-state index contributed by atoms with van der Waals surface area (Å²) in [5.41, 5.74) is 1.36. The van der Waals surface area contributed by atoms with Gasteiger partial charge in [-0.25, -0.2) is 4.98 Å². The van der Waals surface area contributed by atoms with Crippen molar-refractivity contribution in [2.45, 2.75) is 39.7 Å². The third-order valence-electron chi connectivity index (χ3n) is 6.06. The van der Waals surface area contributed by atoms with Crippen LogP contribution in [0.5, 0.6) is 5.75 Å². The quantitative estimate of drug-likeness (QED) is 0.553. The van der Waals surface area contributed by atoms with Gasteiger partial charge in [-0.3, -0.25) is 14.5 Å². The van der Waals surface area contributed by atoms with E-state index in [4.69, 9.17) is 4.98 Å². The van der Waals surface area contributed by atoms with Crippen molar-refractivity contribution in [3.8, 4) is 5.75 Å².